The molecule has 1 aromatic carbocycles. The molecule has 1 aromatic rings. The van der Waals surface area contributed by atoms with E-state index >= 15 is 0 Å². The molecule has 0 saturated heterocycles. The zero-order valence-electron chi connectivity index (χ0n) is 9.76. The van der Waals surface area contributed by atoms with Gasteiger partial charge >= 0.3 is 5.97 Å². The topological polar surface area (TPSA) is 46.5 Å². The molecule has 0 spiro atoms. The van der Waals surface area contributed by atoms with Crippen molar-refractivity contribution in [3.63, 3.8) is 0 Å². The molecule has 0 unspecified atom stereocenters. The van der Waals surface area contributed by atoms with Crippen LogP contribution in [-0.2, 0) is 4.89 Å². The molecule has 1 N–H and O–H groups in total. The Morgan fingerprint density at radius 3 is 1.53 bits per heavy atom. The minimum absolute atomic E-state index is 0.470. The summed E-state index contributed by atoms with van der Waals surface area (Å²) in [6, 6.07) is 0. The highest BCUT2D eigenvalue weighted by atomic mass is 17.1. The van der Waals surface area contributed by atoms with Crippen LogP contribution in [0.2, 0.25) is 0 Å². The quantitative estimate of drug-likeness (QED) is 0.570. The van der Waals surface area contributed by atoms with Crippen molar-refractivity contribution in [2.45, 2.75) is 34.6 Å². The fourth-order valence-electron chi connectivity index (χ4n) is 1.85. The third kappa shape index (κ3) is 1.75. The minimum Gasteiger partial charge on any atom is -0.295 e. The molecule has 0 aliphatic carbocycles. The van der Waals surface area contributed by atoms with E-state index in [1.165, 1.54) is 5.56 Å². The first kappa shape index (κ1) is 11.7. The van der Waals surface area contributed by atoms with Gasteiger partial charge in [0.1, 0.15) is 0 Å². The second-order valence-corrected chi connectivity index (χ2v) is 3.88. The smallest absolute Gasteiger partial charge is 0.295 e. The van der Waals surface area contributed by atoms with Gasteiger partial charge in [-0.1, -0.05) is 0 Å². The Morgan fingerprint density at radius 2 is 1.20 bits per heavy atom. The highest BCUT2D eigenvalue weighted by Gasteiger charge is 2.19. The summed E-state index contributed by atoms with van der Waals surface area (Å²) in [6.07, 6.45) is 0. The van der Waals surface area contributed by atoms with E-state index in [0.29, 0.717) is 5.56 Å². The van der Waals surface area contributed by atoms with Gasteiger partial charge in [-0.25, -0.2) is 4.79 Å². The molecular formula is C12H16O3. The molecule has 1 rings (SSSR count). The summed E-state index contributed by atoms with van der Waals surface area (Å²) in [5, 5.41) is 8.44. The van der Waals surface area contributed by atoms with Gasteiger partial charge in [0.05, 0.1) is 5.56 Å². The van der Waals surface area contributed by atoms with Gasteiger partial charge in [-0.3, -0.25) is 4.89 Å². The molecule has 0 amide bonds. The van der Waals surface area contributed by atoms with Crippen LogP contribution >= 0.6 is 0 Å². The van der Waals surface area contributed by atoms with Crippen LogP contribution in [0.5, 0.6) is 0 Å². The van der Waals surface area contributed by atoms with Crippen molar-refractivity contribution in [3.8, 4) is 0 Å². The van der Waals surface area contributed by atoms with Crippen molar-refractivity contribution in [1.29, 1.82) is 0 Å². The second-order valence-electron chi connectivity index (χ2n) is 3.88. The van der Waals surface area contributed by atoms with E-state index < -0.39 is 5.97 Å². The number of hydrogen-bond acceptors (Lipinski definition) is 3. The Bertz CT molecular complexity index is 390. The van der Waals surface area contributed by atoms with Crippen molar-refractivity contribution in [2.24, 2.45) is 0 Å². The molecule has 15 heavy (non-hydrogen) atoms. The molecule has 0 heterocycles. The first-order chi connectivity index (χ1) is 6.91. The SMILES string of the molecule is Cc1c(C)c(C)c(C(=O)OO)c(C)c1C. The predicted octanol–water partition coefficient (Wildman–Crippen LogP) is 2.86. The van der Waals surface area contributed by atoms with Crippen LogP contribution in [0.1, 0.15) is 38.2 Å². The maximum atomic E-state index is 11.4. The number of carbonyl (C=O) groups excluding carboxylic acids is 1. The van der Waals surface area contributed by atoms with Crippen LogP contribution in [0, 0.1) is 34.6 Å². The molecule has 0 saturated carbocycles. The van der Waals surface area contributed by atoms with E-state index in [0.717, 1.165) is 22.3 Å². The summed E-state index contributed by atoms with van der Waals surface area (Å²) in [7, 11) is 0. The third-order valence-corrected chi connectivity index (χ3v) is 3.29. The molecule has 0 fully saturated rings. The van der Waals surface area contributed by atoms with Crippen LogP contribution in [0.3, 0.4) is 0 Å². The zero-order chi connectivity index (χ0) is 11.7. The van der Waals surface area contributed by atoms with Crippen molar-refractivity contribution in [3.05, 3.63) is 33.4 Å². The average Bonchev–Trinajstić information content (AvgIpc) is 2.23. The van der Waals surface area contributed by atoms with Crippen LogP contribution in [0.15, 0.2) is 0 Å². The van der Waals surface area contributed by atoms with Crippen molar-refractivity contribution < 1.29 is 14.9 Å². The van der Waals surface area contributed by atoms with Gasteiger partial charge in [0.2, 0.25) is 0 Å². The summed E-state index contributed by atoms with van der Waals surface area (Å²) in [5.74, 6) is -0.684. The average molecular weight is 208 g/mol. The molecule has 3 heteroatoms. The molecule has 0 aromatic heterocycles. The Kier molecular flexibility index (Phi) is 3.15. The Hall–Kier alpha value is -1.35. The number of carbonyl (C=O) groups is 1. The molecular weight excluding hydrogens is 192 g/mol. The van der Waals surface area contributed by atoms with Crippen LogP contribution < -0.4 is 0 Å². The first-order valence-corrected chi connectivity index (χ1v) is 4.84. The van der Waals surface area contributed by atoms with Gasteiger partial charge < -0.3 is 0 Å². The van der Waals surface area contributed by atoms with E-state index in [2.05, 4.69) is 4.89 Å². The third-order valence-electron chi connectivity index (χ3n) is 3.29. The van der Waals surface area contributed by atoms with E-state index in [1.807, 2.05) is 34.6 Å². The van der Waals surface area contributed by atoms with Crippen molar-refractivity contribution >= 4 is 5.97 Å². The number of rotatable bonds is 1. The molecule has 0 atom stereocenters. The van der Waals surface area contributed by atoms with Gasteiger partial charge in [0, 0.05) is 0 Å². The van der Waals surface area contributed by atoms with Crippen molar-refractivity contribution in [2.75, 3.05) is 0 Å². The maximum Gasteiger partial charge on any atom is 0.373 e. The molecule has 0 bridgehead atoms. The largest absolute Gasteiger partial charge is 0.373 e. The van der Waals surface area contributed by atoms with E-state index in [9.17, 15) is 4.79 Å². The summed E-state index contributed by atoms with van der Waals surface area (Å²) in [5.41, 5.74) is 5.53. The van der Waals surface area contributed by atoms with Crippen LogP contribution in [-0.4, -0.2) is 11.2 Å². The molecule has 0 radical (unpaired) electrons. The minimum atomic E-state index is -0.684. The number of benzene rings is 1. The normalized spacial score (nSPS) is 10.3. The predicted molar refractivity (Wildman–Crippen MR) is 58.2 cm³/mol. The lowest BCUT2D eigenvalue weighted by molar-refractivity contribution is -0.182. The van der Waals surface area contributed by atoms with E-state index in [4.69, 9.17) is 5.26 Å². The highest BCUT2D eigenvalue weighted by molar-refractivity contribution is 5.93. The first-order valence-electron chi connectivity index (χ1n) is 4.84. The number of hydrogen-bond donors (Lipinski definition) is 1. The van der Waals surface area contributed by atoms with Gasteiger partial charge in [-0.2, -0.15) is 5.26 Å². The summed E-state index contributed by atoms with van der Waals surface area (Å²) in [6.45, 7) is 9.68. The fourth-order valence-corrected chi connectivity index (χ4v) is 1.85. The Morgan fingerprint density at radius 1 is 0.867 bits per heavy atom. The molecule has 3 nitrogen and oxygen atoms in total. The Balaban J connectivity index is 3.60. The lowest BCUT2D eigenvalue weighted by Gasteiger charge is -2.16. The monoisotopic (exact) mass is 208 g/mol. The van der Waals surface area contributed by atoms with Gasteiger partial charge in [0.25, 0.3) is 0 Å². The van der Waals surface area contributed by atoms with E-state index in [1.54, 1.807) is 0 Å². The zero-order valence-corrected chi connectivity index (χ0v) is 9.76. The summed E-state index contributed by atoms with van der Waals surface area (Å²) < 4.78 is 0. The molecule has 0 aliphatic heterocycles. The van der Waals surface area contributed by atoms with Gasteiger partial charge in [0.15, 0.2) is 0 Å². The molecule has 0 aliphatic rings. The Labute approximate surface area is 89.6 Å². The van der Waals surface area contributed by atoms with Crippen molar-refractivity contribution in [1.82, 2.24) is 0 Å². The second kappa shape index (κ2) is 4.03. The maximum absolute atomic E-state index is 11.4. The standard InChI is InChI=1S/C12H16O3/c1-6-7(2)9(4)11(12(13)15-14)10(5)8(6)3/h14H,1-5H3. The summed E-state index contributed by atoms with van der Waals surface area (Å²) >= 11 is 0. The van der Waals surface area contributed by atoms with Gasteiger partial charge in [-0.05, 0) is 62.4 Å². The van der Waals surface area contributed by atoms with Crippen LogP contribution in [0.25, 0.3) is 0 Å². The fraction of sp³-hybridized carbons (Fsp3) is 0.417. The lowest BCUT2D eigenvalue weighted by Crippen LogP contribution is -2.10. The van der Waals surface area contributed by atoms with E-state index in [-0.39, 0.29) is 0 Å². The van der Waals surface area contributed by atoms with Gasteiger partial charge in [-0.15, -0.1) is 0 Å². The summed E-state index contributed by atoms with van der Waals surface area (Å²) in [4.78, 5) is 15.2. The van der Waals surface area contributed by atoms with Crippen LogP contribution in [0.4, 0.5) is 0 Å². The highest BCUT2D eigenvalue weighted by Crippen LogP contribution is 2.26. The molecule has 82 valence electrons. The lowest BCUT2D eigenvalue weighted by atomic mass is 9.90.